The molecule has 34 heavy (non-hydrogen) atoms. The second kappa shape index (κ2) is 9.28. The summed E-state index contributed by atoms with van der Waals surface area (Å²) in [5, 5.41) is 0.782. The first kappa shape index (κ1) is 22.7. The number of ether oxygens (including phenoxy) is 4. The lowest BCUT2D eigenvalue weighted by Gasteiger charge is -2.26. The fourth-order valence-electron chi connectivity index (χ4n) is 4.26. The maximum Gasteiger partial charge on any atom is 0.252 e. The topological polar surface area (TPSA) is 107 Å². The Kier molecular flexibility index (Phi) is 6.20. The summed E-state index contributed by atoms with van der Waals surface area (Å²) in [6.45, 7) is 1.43. The molecule has 10 heteroatoms. The van der Waals surface area contributed by atoms with Crippen LogP contribution in [-0.4, -0.2) is 57.3 Å². The molecule has 0 aliphatic carbocycles. The van der Waals surface area contributed by atoms with Crippen molar-refractivity contribution in [2.24, 2.45) is 0 Å². The van der Waals surface area contributed by atoms with Crippen molar-refractivity contribution in [3.63, 3.8) is 0 Å². The van der Waals surface area contributed by atoms with Crippen LogP contribution in [0.1, 0.15) is 18.4 Å². The zero-order chi connectivity index (χ0) is 23.7. The van der Waals surface area contributed by atoms with Crippen molar-refractivity contribution in [3.8, 4) is 17.2 Å². The van der Waals surface area contributed by atoms with E-state index in [0.29, 0.717) is 48.1 Å². The minimum Gasteiger partial charge on any atom is -0.497 e. The summed E-state index contributed by atoms with van der Waals surface area (Å²) < 4.78 is 50.8. The summed E-state index contributed by atoms with van der Waals surface area (Å²) in [5.74, 6) is 1.52. The van der Waals surface area contributed by atoms with Crippen molar-refractivity contribution in [2.45, 2.75) is 30.4 Å². The highest BCUT2D eigenvalue weighted by Crippen LogP contribution is 2.34. The average molecular weight is 487 g/mol. The molecule has 1 atom stereocenters. The number of benzene rings is 2. The Hall–Kier alpha value is -3.08. The smallest absolute Gasteiger partial charge is 0.252 e. The molecule has 0 bridgehead atoms. The maximum atomic E-state index is 13.7. The molecule has 3 heterocycles. The number of nitrogens with one attached hydrogen (secondary N) is 1. The van der Waals surface area contributed by atoms with Gasteiger partial charge in [0.05, 0.1) is 23.6 Å². The van der Waals surface area contributed by atoms with Gasteiger partial charge >= 0.3 is 0 Å². The molecule has 0 saturated carbocycles. The normalized spacial score (nSPS) is 17.9. The van der Waals surface area contributed by atoms with E-state index in [4.69, 9.17) is 18.9 Å². The SMILES string of the molecule is COc1ccc2cc(CN(CC3CCCO3)S(=O)(=O)c3ccc4c(c3)OCCO4)c(=O)[nH]c2c1. The van der Waals surface area contributed by atoms with Gasteiger partial charge in [-0.1, -0.05) is 0 Å². The van der Waals surface area contributed by atoms with E-state index in [2.05, 4.69) is 4.98 Å². The number of nitrogens with zero attached hydrogens (tertiary/aromatic N) is 1. The Balaban J connectivity index is 1.51. The van der Waals surface area contributed by atoms with Crippen LogP contribution in [0.25, 0.3) is 10.9 Å². The van der Waals surface area contributed by atoms with Crippen LogP contribution < -0.4 is 19.8 Å². The number of rotatable bonds is 7. The predicted molar refractivity (Wildman–Crippen MR) is 125 cm³/mol. The van der Waals surface area contributed by atoms with Gasteiger partial charge in [0.15, 0.2) is 11.5 Å². The second-order valence-corrected chi connectivity index (χ2v) is 10.3. The Labute approximate surface area is 197 Å². The average Bonchev–Trinajstić information content (AvgIpc) is 3.36. The molecule has 1 aromatic heterocycles. The summed E-state index contributed by atoms with van der Waals surface area (Å²) in [5.41, 5.74) is 0.612. The summed E-state index contributed by atoms with van der Waals surface area (Å²) in [7, 11) is -2.40. The molecule has 9 nitrogen and oxygen atoms in total. The minimum atomic E-state index is -3.96. The summed E-state index contributed by atoms with van der Waals surface area (Å²) >= 11 is 0. The largest absolute Gasteiger partial charge is 0.497 e. The molecule has 180 valence electrons. The van der Waals surface area contributed by atoms with Crippen LogP contribution in [0.15, 0.2) is 52.2 Å². The fourth-order valence-corrected chi connectivity index (χ4v) is 5.72. The van der Waals surface area contributed by atoms with Gasteiger partial charge in [0.1, 0.15) is 19.0 Å². The van der Waals surface area contributed by atoms with Gasteiger partial charge in [-0.2, -0.15) is 4.31 Å². The molecule has 1 N–H and O–H groups in total. The van der Waals surface area contributed by atoms with Crippen LogP contribution >= 0.6 is 0 Å². The number of sulfonamides is 1. The fraction of sp³-hybridized carbons (Fsp3) is 0.375. The monoisotopic (exact) mass is 486 g/mol. The van der Waals surface area contributed by atoms with E-state index in [1.807, 2.05) is 6.07 Å². The van der Waals surface area contributed by atoms with Crippen LogP contribution in [0, 0.1) is 0 Å². The van der Waals surface area contributed by atoms with E-state index in [0.717, 1.165) is 18.2 Å². The lowest BCUT2D eigenvalue weighted by molar-refractivity contribution is 0.0925. The zero-order valence-corrected chi connectivity index (χ0v) is 19.6. The van der Waals surface area contributed by atoms with Crippen LogP contribution in [0.3, 0.4) is 0 Å². The van der Waals surface area contributed by atoms with E-state index in [1.54, 1.807) is 31.4 Å². The number of fused-ring (bicyclic) bond motifs is 2. The van der Waals surface area contributed by atoms with Crippen LogP contribution in [-0.2, 0) is 21.3 Å². The number of H-pyrrole nitrogens is 1. The Morgan fingerprint density at radius 3 is 2.65 bits per heavy atom. The van der Waals surface area contributed by atoms with Gasteiger partial charge in [0.25, 0.3) is 5.56 Å². The maximum absolute atomic E-state index is 13.7. The van der Waals surface area contributed by atoms with Gasteiger partial charge in [-0.25, -0.2) is 8.42 Å². The Bertz CT molecular complexity index is 1360. The minimum absolute atomic E-state index is 0.0803. The summed E-state index contributed by atoms with van der Waals surface area (Å²) in [6, 6.07) is 11.6. The number of hydrogen-bond donors (Lipinski definition) is 1. The molecular weight excluding hydrogens is 460 g/mol. The van der Waals surface area contributed by atoms with Crippen LogP contribution in [0.4, 0.5) is 0 Å². The van der Waals surface area contributed by atoms with Gasteiger partial charge in [-0.15, -0.1) is 0 Å². The van der Waals surface area contributed by atoms with E-state index in [-0.39, 0.29) is 29.6 Å². The first-order valence-corrected chi connectivity index (χ1v) is 12.6. The Morgan fingerprint density at radius 1 is 1.06 bits per heavy atom. The van der Waals surface area contributed by atoms with Crippen molar-refractivity contribution in [1.29, 1.82) is 0 Å². The van der Waals surface area contributed by atoms with Crippen molar-refractivity contribution < 1.29 is 27.4 Å². The standard InChI is InChI=1S/C24H26N2O7S/c1-30-18-5-4-16-11-17(24(27)25-21(16)12-18)14-26(15-19-3-2-8-31-19)34(28,29)20-6-7-22-23(13-20)33-10-9-32-22/h4-7,11-13,19H,2-3,8-10,14-15H2,1H3,(H,25,27). The number of hydrogen-bond acceptors (Lipinski definition) is 7. The van der Waals surface area contributed by atoms with E-state index in [1.165, 1.54) is 16.4 Å². The highest BCUT2D eigenvalue weighted by atomic mass is 32.2. The van der Waals surface area contributed by atoms with Crippen molar-refractivity contribution >= 4 is 20.9 Å². The summed E-state index contributed by atoms with van der Waals surface area (Å²) in [6.07, 6.45) is 1.41. The van der Waals surface area contributed by atoms with Gasteiger partial charge < -0.3 is 23.9 Å². The molecule has 2 aliphatic rings. The van der Waals surface area contributed by atoms with Crippen molar-refractivity contribution in [3.05, 3.63) is 58.4 Å². The first-order valence-electron chi connectivity index (χ1n) is 11.2. The molecule has 0 radical (unpaired) electrons. The van der Waals surface area contributed by atoms with Gasteiger partial charge in [0.2, 0.25) is 10.0 Å². The van der Waals surface area contributed by atoms with Crippen molar-refractivity contribution in [2.75, 3.05) is 33.5 Å². The summed E-state index contributed by atoms with van der Waals surface area (Å²) in [4.78, 5) is 15.8. The van der Waals surface area contributed by atoms with Gasteiger partial charge in [0, 0.05) is 37.4 Å². The zero-order valence-electron chi connectivity index (χ0n) is 18.8. The number of aromatic nitrogens is 1. The lowest BCUT2D eigenvalue weighted by atomic mass is 10.1. The van der Waals surface area contributed by atoms with Crippen molar-refractivity contribution in [1.82, 2.24) is 9.29 Å². The van der Waals surface area contributed by atoms with Gasteiger partial charge in [-0.05, 0) is 48.6 Å². The Morgan fingerprint density at radius 2 is 1.88 bits per heavy atom. The molecule has 0 spiro atoms. The predicted octanol–water partition coefficient (Wildman–Crippen LogP) is 2.68. The third-order valence-electron chi connectivity index (χ3n) is 6.06. The highest BCUT2D eigenvalue weighted by molar-refractivity contribution is 7.89. The van der Waals surface area contributed by atoms with E-state index in [9.17, 15) is 13.2 Å². The van der Waals surface area contributed by atoms with E-state index >= 15 is 0 Å². The number of methoxy groups -OCH3 is 1. The molecule has 1 unspecified atom stereocenters. The first-order chi connectivity index (χ1) is 16.4. The number of pyridine rings is 1. The molecule has 3 aromatic rings. The molecular formula is C24H26N2O7S. The molecule has 2 aliphatic heterocycles. The quantitative estimate of drug-likeness (QED) is 0.547. The lowest BCUT2D eigenvalue weighted by Crippen LogP contribution is -2.38. The molecule has 1 fully saturated rings. The third-order valence-corrected chi connectivity index (χ3v) is 7.87. The van der Waals surface area contributed by atoms with E-state index < -0.39 is 10.0 Å². The third kappa shape index (κ3) is 4.48. The highest BCUT2D eigenvalue weighted by Gasteiger charge is 2.31. The number of aromatic amines is 1. The second-order valence-electron chi connectivity index (χ2n) is 8.31. The van der Waals surface area contributed by atoms with Gasteiger partial charge in [-0.3, -0.25) is 4.79 Å². The molecule has 2 aromatic carbocycles. The van der Waals surface area contributed by atoms with Crippen LogP contribution in [0.2, 0.25) is 0 Å². The molecule has 1 saturated heterocycles. The van der Waals surface area contributed by atoms with Crippen LogP contribution in [0.5, 0.6) is 17.2 Å². The molecule has 0 amide bonds. The molecule has 5 rings (SSSR count).